The van der Waals surface area contributed by atoms with Gasteiger partial charge in [-0.3, -0.25) is 4.79 Å². The van der Waals surface area contributed by atoms with Gasteiger partial charge in [0.05, 0.1) is 29.5 Å². The molecule has 0 aromatic carbocycles. The highest BCUT2D eigenvalue weighted by molar-refractivity contribution is 5.95. The quantitative estimate of drug-likeness (QED) is 0.730. The number of aromatic nitrogens is 2. The molecule has 2 N–H and O–H groups in total. The summed E-state index contributed by atoms with van der Waals surface area (Å²) in [6.07, 6.45) is 12.3. The lowest BCUT2D eigenvalue weighted by atomic mass is 9.52. The molecule has 4 bridgehead atoms. The Hall–Kier alpha value is -1.73. The van der Waals surface area contributed by atoms with Gasteiger partial charge in [0.2, 0.25) is 5.95 Å². The molecule has 1 aromatic rings. The van der Waals surface area contributed by atoms with Crippen LogP contribution in [0.5, 0.6) is 0 Å². The fourth-order valence-corrected chi connectivity index (χ4v) is 7.88. The summed E-state index contributed by atoms with van der Waals surface area (Å²) in [5.41, 5.74) is 1.13. The third kappa shape index (κ3) is 3.61. The summed E-state index contributed by atoms with van der Waals surface area (Å²) < 4.78 is 5.48. The first kappa shape index (κ1) is 20.8. The van der Waals surface area contributed by atoms with Crippen molar-refractivity contribution >= 4 is 11.9 Å². The molecule has 3 atom stereocenters. The van der Waals surface area contributed by atoms with Crippen LogP contribution in [0.2, 0.25) is 0 Å². The van der Waals surface area contributed by atoms with Crippen molar-refractivity contribution in [2.45, 2.75) is 87.8 Å². The van der Waals surface area contributed by atoms with Crippen molar-refractivity contribution in [1.82, 2.24) is 14.9 Å². The molecule has 1 aliphatic heterocycles. The molecule has 32 heavy (non-hydrogen) atoms. The van der Waals surface area contributed by atoms with Crippen molar-refractivity contribution < 1.29 is 14.6 Å². The van der Waals surface area contributed by atoms with Gasteiger partial charge in [-0.15, -0.1) is 0 Å². The summed E-state index contributed by atoms with van der Waals surface area (Å²) in [7, 11) is 1.97. The highest BCUT2D eigenvalue weighted by Gasteiger charge is 2.56. The number of nitrogens with one attached hydrogen (secondary N) is 1. The zero-order valence-electron chi connectivity index (χ0n) is 19.1. The molecule has 6 fully saturated rings. The molecule has 174 valence electrons. The fraction of sp³-hybridized carbons (Fsp3) is 0.800. The Balaban J connectivity index is 1.26. The number of aliphatic hydroxyl groups is 1. The summed E-state index contributed by atoms with van der Waals surface area (Å²) >= 11 is 0. The van der Waals surface area contributed by atoms with Gasteiger partial charge in [-0.25, -0.2) is 9.97 Å². The van der Waals surface area contributed by atoms with Gasteiger partial charge in [-0.1, -0.05) is 12.8 Å². The number of nitrogens with zero attached hydrogens (tertiary/aromatic N) is 3. The molecule has 0 spiro atoms. The Labute approximate surface area is 190 Å². The largest absolute Gasteiger partial charge is 0.390 e. The predicted octanol–water partition coefficient (Wildman–Crippen LogP) is 3.35. The first-order valence-corrected chi connectivity index (χ1v) is 12.7. The molecule has 7 heteroatoms. The Kier molecular flexibility index (Phi) is 5.17. The molecule has 7 rings (SSSR count). The lowest BCUT2D eigenvalue weighted by molar-refractivity contribution is -0.152. The highest BCUT2D eigenvalue weighted by Crippen LogP contribution is 2.57. The third-order valence-corrected chi connectivity index (χ3v) is 9.01. The zero-order chi connectivity index (χ0) is 21.9. The first-order chi connectivity index (χ1) is 15.5. The number of amides is 1. The smallest absolute Gasteiger partial charge is 0.257 e. The topological polar surface area (TPSA) is 87.6 Å². The van der Waals surface area contributed by atoms with E-state index in [2.05, 4.69) is 10.3 Å². The van der Waals surface area contributed by atoms with Gasteiger partial charge in [-0.05, 0) is 69.1 Å². The van der Waals surface area contributed by atoms with Crippen LogP contribution in [0.3, 0.4) is 0 Å². The van der Waals surface area contributed by atoms with Crippen LogP contribution in [0.4, 0.5) is 5.95 Å². The van der Waals surface area contributed by atoms with Crippen LogP contribution in [0.1, 0.15) is 86.2 Å². The Bertz CT molecular complexity index is 864. The van der Waals surface area contributed by atoms with E-state index in [0.29, 0.717) is 41.8 Å². The SMILES string of the molecule is CN(C(=O)c1cnc(N[C@H]2CCOC2)nc1C1CCCC1)C1C2CC3CC1CC(O)(C3)C2. The molecule has 1 amide bonds. The van der Waals surface area contributed by atoms with Crippen LogP contribution in [-0.2, 0) is 4.74 Å². The summed E-state index contributed by atoms with van der Waals surface area (Å²) in [6.45, 7) is 1.46. The molecule has 1 saturated heterocycles. The van der Waals surface area contributed by atoms with Crippen molar-refractivity contribution in [3.8, 4) is 0 Å². The van der Waals surface area contributed by atoms with E-state index in [-0.39, 0.29) is 18.0 Å². The van der Waals surface area contributed by atoms with E-state index >= 15 is 0 Å². The zero-order valence-corrected chi connectivity index (χ0v) is 19.1. The van der Waals surface area contributed by atoms with E-state index in [0.717, 1.165) is 63.7 Å². The number of ether oxygens (including phenoxy) is 1. The maximum absolute atomic E-state index is 13.8. The summed E-state index contributed by atoms with van der Waals surface area (Å²) in [5.74, 6) is 2.49. The van der Waals surface area contributed by atoms with E-state index in [4.69, 9.17) is 9.72 Å². The highest BCUT2D eigenvalue weighted by atomic mass is 16.5. The molecule has 7 nitrogen and oxygen atoms in total. The molecule has 2 unspecified atom stereocenters. The molecule has 6 aliphatic rings. The van der Waals surface area contributed by atoms with Crippen LogP contribution in [0.15, 0.2) is 6.20 Å². The molecule has 1 aromatic heterocycles. The minimum atomic E-state index is -0.480. The van der Waals surface area contributed by atoms with Gasteiger partial charge in [0.25, 0.3) is 5.91 Å². The Morgan fingerprint density at radius 3 is 2.59 bits per heavy atom. The normalized spacial score (nSPS) is 38.4. The first-order valence-electron chi connectivity index (χ1n) is 12.7. The molecule has 5 aliphatic carbocycles. The molecular formula is C25H36N4O3. The number of carbonyl (C=O) groups excluding carboxylic acids is 1. The minimum Gasteiger partial charge on any atom is -0.390 e. The summed E-state index contributed by atoms with van der Waals surface area (Å²) in [4.78, 5) is 25.3. The van der Waals surface area contributed by atoms with Gasteiger partial charge < -0.3 is 20.1 Å². The second-order valence-corrected chi connectivity index (χ2v) is 11.3. The standard InChI is InChI=1S/C25H36N4O3/c1-29(22-17-8-15-9-18(22)12-25(31,10-15)11-17)23(30)20-13-26-24(27-19-6-7-32-14-19)28-21(20)16-4-2-3-5-16/h13,15-19,22,31H,2-12,14H2,1H3,(H,26,27,28)/t15?,17?,18?,19-,22?,25?/m0/s1. The monoisotopic (exact) mass is 440 g/mol. The fourth-order valence-electron chi connectivity index (χ4n) is 7.88. The lowest BCUT2D eigenvalue weighted by Crippen LogP contribution is -2.61. The van der Waals surface area contributed by atoms with Crippen molar-refractivity contribution in [1.29, 1.82) is 0 Å². The van der Waals surface area contributed by atoms with E-state index in [1.165, 1.54) is 12.8 Å². The average molecular weight is 441 g/mol. The van der Waals surface area contributed by atoms with E-state index in [9.17, 15) is 9.90 Å². The average Bonchev–Trinajstić information content (AvgIpc) is 3.46. The number of carbonyl (C=O) groups is 1. The Morgan fingerprint density at radius 1 is 1.19 bits per heavy atom. The second kappa shape index (κ2) is 7.94. The van der Waals surface area contributed by atoms with Gasteiger partial charge in [-0.2, -0.15) is 0 Å². The van der Waals surface area contributed by atoms with Crippen LogP contribution in [-0.4, -0.2) is 63.8 Å². The van der Waals surface area contributed by atoms with E-state index in [1.54, 1.807) is 6.20 Å². The van der Waals surface area contributed by atoms with Crippen molar-refractivity contribution in [2.24, 2.45) is 17.8 Å². The van der Waals surface area contributed by atoms with Crippen LogP contribution >= 0.6 is 0 Å². The number of anilines is 1. The van der Waals surface area contributed by atoms with Crippen molar-refractivity contribution in [2.75, 3.05) is 25.6 Å². The Morgan fingerprint density at radius 2 is 1.94 bits per heavy atom. The molecule has 2 heterocycles. The molecule has 0 radical (unpaired) electrons. The lowest BCUT2D eigenvalue weighted by Gasteiger charge is -2.59. The molecular weight excluding hydrogens is 404 g/mol. The molecule has 5 saturated carbocycles. The van der Waals surface area contributed by atoms with Crippen LogP contribution < -0.4 is 5.32 Å². The van der Waals surface area contributed by atoms with Crippen LogP contribution in [0.25, 0.3) is 0 Å². The maximum atomic E-state index is 13.8. The van der Waals surface area contributed by atoms with E-state index in [1.807, 2.05) is 11.9 Å². The number of rotatable bonds is 5. The third-order valence-electron chi connectivity index (χ3n) is 9.01. The maximum Gasteiger partial charge on any atom is 0.257 e. The minimum absolute atomic E-state index is 0.0621. The van der Waals surface area contributed by atoms with E-state index < -0.39 is 5.60 Å². The number of hydrogen-bond donors (Lipinski definition) is 2. The van der Waals surface area contributed by atoms with Gasteiger partial charge in [0.1, 0.15) is 0 Å². The van der Waals surface area contributed by atoms with Gasteiger partial charge >= 0.3 is 0 Å². The van der Waals surface area contributed by atoms with Crippen molar-refractivity contribution in [3.05, 3.63) is 17.5 Å². The van der Waals surface area contributed by atoms with Crippen LogP contribution in [0, 0.1) is 17.8 Å². The summed E-state index contributed by atoms with van der Waals surface area (Å²) in [5, 5.41) is 14.4. The summed E-state index contributed by atoms with van der Waals surface area (Å²) in [6, 6.07) is 0.471. The van der Waals surface area contributed by atoms with Gasteiger partial charge in [0, 0.05) is 31.8 Å². The number of hydrogen-bond acceptors (Lipinski definition) is 6. The van der Waals surface area contributed by atoms with Gasteiger partial charge in [0.15, 0.2) is 0 Å². The predicted molar refractivity (Wildman–Crippen MR) is 120 cm³/mol. The second-order valence-electron chi connectivity index (χ2n) is 11.3. The van der Waals surface area contributed by atoms with Crippen molar-refractivity contribution in [3.63, 3.8) is 0 Å².